The fraction of sp³-hybridized carbons (Fsp3) is 0.118. The number of nitro groups is 1. The van der Waals surface area contributed by atoms with Crippen LogP contribution in [-0.2, 0) is 0 Å². The quantitative estimate of drug-likeness (QED) is 0.371. The van der Waals surface area contributed by atoms with Crippen molar-refractivity contribution in [2.75, 3.05) is 5.32 Å². The molecule has 1 N–H and O–H groups in total. The van der Waals surface area contributed by atoms with Gasteiger partial charge in [0.2, 0.25) is 0 Å². The summed E-state index contributed by atoms with van der Waals surface area (Å²) in [6.07, 6.45) is 0. The van der Waals surface area contributed by atoms with Gasteiger partial charge in [0.15, 0.2) is 0 Å². The lowest BCUT2D eigenvalue weighted by molar-refractivity contribution is -0.384. The highest BCUT2D eigenvalue weighted by Gasteiger charge is 2.12. The summed E-state index contributed by atoms with van der Waals surface area (Å²) >= 11 is 12.2. The van der Waals surface area contributed by atoms with Crippen LogP contribution < -0.4 is 5.32 Å². The van der Waals surface area contributed by atoms with Crippen LogP contribution in [0, 0.1) is 10.1 Å². The molecule has 2 aromatic carbocycles. The number of anilines is 1. The Morgan fingerprint density at radius 2 is 1.83 bits per heavy atom. The summed E-state index contributed by atoms with van der Waals surface area (Å²) in [6, 6.07) is 13.5. The van der Waals surface area contributed by atoms with E-state index in [1.54, 1.807) is 24.3 Å². The van der Waals surface area contributed by atoms with E-state index in [1.165, 1.54) is 12.1 Å². The number of nitrogens with zero attached hydrogens (tertiary/aromatic N) is 2. The number of halogens is 2. The largest absolute Gasteiger partial charge is 0.378 e. The highest BCUT2D eigenvalue weighted by molar-refractivity contribution is 6.32. The molecule has 1 atom stereocenters. The maximum absolute atomic E-state index is 10.7. The molecule has 1 unspecified atom stereocenters. The zero-order chi connectivity index (χ0) is 17.3. The van der Waals surface area contributed by atoms with Gasteiger partial charge in [0.05, 0.1) is 10.4 Å². The molecule has 0 aliphatic heterocycles. The van der Waals surface area contributed by atoms with Gasteiger partial charge in [0.25, 0.3) is 5.69 Å². The van der Waals surface area contributed by atoms with Gasteiger partial charge in [0, 0.05) is 34.3 Å². The van der Waals surface area contributed by atoms with Crippen LogP contribution in [0.5, 0.6) is 0 Å². The lowest BCUT2D eigenvalue weighted by Gasteiger charge is -2.17. The van der Waals surface area contributed by atoms with Crippen molar-refractivity contribution in [1.29, 1.82) is 0 Å². The van der Waals surface area contributed by atoms with E-state index in [0.717, 1.165) is 22.2 Å². The molecule has 1 heterocycles. The maximum Gasteiger partial charge on any atom is 0.269 e. The normalized spacial score (nSPS) is 12.1. The summed E-state index contributed by atoms with van der Waals surface area (Å²) < 4.78 is 0. The smallest absolute Gasteiger partial charge is 0.269 e. The standard InChI is InChI=1S/C17H13Cl2N3O2/c1-10(11-2-5-13(6-3-11)22(23)24)20-16-9-17(19)21-15-7-4-12(18)8-14(15)16/h2-10H,1H3,(H,20,21). The molecule has 0 amide bonds. The molecule has 24 heavy (non-hydrogen) atoms. The number of nitro benzene ring substituents is 1. The third-order valence-electron chi connectivity index (χ3n) is 3.72. The van der Waals surface area contributed by atoms with E-state index in [2.05, 4.69) is 10.3 Å². The van der Waals surface area contributed by atoms with E-state index >= 15 is 0 Å². The number of hydrogen-bond acceptors (Lipinski definition) is 4. The Hall–Kier alpha value is -2.37. The molecule has 0 radical (unpaired) electrons. The molecule has 0 saturated carbocycles. The van der Waals surface area contributed by atoms with E-state index in [0.29, 0.717) is 10.2 Å². The average Bonchev–Trinajstić information content (AvgIpc) is 2.55. The number of benzene rings is 2. The number of rotatable bonds is 4. The molecule has 3 aromatic rings. The second kappa shape index (κ2) is 6.63. The van der Waals surface area contributed by atoms with Crippen molar-refractivity contribution >= 4 is 45.5 Å². The van der Waals surface area contributed by atoms with Gasteiger partial charge in [-0.2, -0.15) is 0 Å². The van der Waals surface area contributed by atoms with Crippen LogP contribution in [0.25, 0.3) is 10.9 Å². The van der Waals surface area contributed by atoms with Gasteiger partial charge in [-0.25, -0.2) is 4.98 Å². The number of pyridine rings is 1. The zero-order valence-corrected chi connectivity index (χ0v) is 14.2. The summed E-state index contributed by atoms with van der Waals surface area (Å²) in [5.74, 6) is 0. The molecule has 7 heteroatoms. The minimum Gasteiger partial charge on any atom is -0.378 e. The summed E-state index contributed by atoms with van der Waals surface area (Å²) in [4.78, 5) is 14.6. The van der Waals surface area contributed by atoms with Crippen LogP contribution in [0.2, 0.25) is 10.2 Å². The van der Waals surface area contributed by atoms with E-state index in [9.17, 15) is 10.1 Å². The van der Waals surface area contributed by atoms with Crippen molar-refractivity contribution in [2.24, 2.45) is 0 Å². The summed E-state index contributed by atoms with van der Waals surface area (Å²) in [5, 5.41) is 16.0. The third kappa shape index (κ3) is 3.42. The molecule has 122 valence electrons. The molecule has 0 saturated heterocycles. The Morgan fingerprint density at radius 1 is 1.12 bits per heavy atom. The van der Waals surface area contributed by atoms with Crippen LogP contribution in [0.15, 0.2) is 48.5 Å². The lowest BCUT2D eigenvalue weighted by atomic mass is 10.1. The van der Waals surface area contributed by atoms with Crippen molar-refractivity contribution < 1.29 is 4.92 Å². The minimum absolute atomic E-state index is 0.0649. The highest BCUT2D eigenvalue weighted by atomic mass is 35.5. The van der Waals surface area contributed by atoms with Gasteiger partial charge in [-0.1, -0.05) is 35.3 Å². The fourth-order valence-electron chi connectivity index (χ4n) is 2.49. The molecule has 3 rings (SSSR count). The summed E-state index contributed by atoms with van der Waals surface area (Å²) in [7, 11) is 0. The molecule has 0 aliphatic carbocycles. The first-order chi connectivity index (χ1) is 11.4. The van der Waals surface area contributed by atoms with Crippen LogP contribution in [0.4, 0.5) is 11.4 Å². The Kier molecular flexibility index (Phi) is 4.55. The molecular weight excluding hydrogens is 349 g/mol. The molecule has 0 spiro atoms. The van der Waals surface area contributed by atoms with E-state index in [1.807, 2.05) is 19.1 Å². The van der Waals surface area contributed by atoms with Crippen LogP contribution in [0.1, 0.15) is 18.5 Å². The van der Waals surface area contributed by atoms with Crippen molar-refractivity contribution in [1.82, 2.24) is 4.98 Å². The van der Waals surface area contributed by atoms with E-state index in [4.69, 9.17) is 23.2 Å². The zero-order valence-electron chi connectivity index (χ0n) is 12.7. The summed E-state index contributed by atoms with van der Waals surface area (Å²) in [6.45, 7) is 1.96. The Morgan fingerprint density at radius 3 is 2.50 bits per heavy atom. The average molecular weight is 362 g/mol. The van der Waals surface area contributed by atoms with Gasteiger partial charge in [-0.3, -0.25) is 10.1 Å². The fourth-order valence-corrected chi connectivity index (χ4v) is 2.86. The number of non-ortho nitro benzene ring substituents is 1. The second-order valence-corrected chi connectivity index (χ2v) is 6.19. The Bertz CT molecular complexity index is 914. The number of nitrogens with one attached hydrogen (secondary N) is 1. The van der Waals surface area contributed by atoms with Gasteiger partial charge in [-0.15, -0.1) is 0 Å². The minimum atomic E-state index is -0.417. The number of fused-ring (bicyclic) bond motifs is 1. The van der Waals surface area contributed by atoms with E-state index in [-0.39, 0.29) is 11.7 Å². The predicted molar refractivity (Wildman–Crippen MR) is 96.9 cm³/mol. The highest BCUT2D eigenvalue weighted by Crippen LogP contribution is 2.31. The van der Waals surface area contributed by atoms with Gasteiger partial charge < -0.3 is 5.32 Å². The maximum atomic E-state index is 10.7. The van der Waals surface area contributed by atoms with E-state index < -0.39 is 4.92 Å². The van der Waals surface area contributed by atoms with Gasteiger partial charge >= 0.3 is 0 Å². The first kappa shape index (κ1) is 16.5. The Labute approximate surface area is 148 Å². The Balaban J connectivity index is 1.93. The number of hydrogen-bond donors (Lipinski definition) is 1. The molecule has 0 fully saturated rings. The van der Waals surface area contributed by atoms with Crippen molar-refractivity contribution in [3.63, 3.8) is 0 Å². The number of aromatic nitrogens is 1. The van der Waals surface area contributed by atoms with Crippen molar-refractivity contribution in [2.45, 2.75) is 13.0 Å². The first-order valence-corrected chi connectivity index (χ1v) is 7.96. The molecule has 0 bridgehead atoms. The van der Waals surface area contributed by atoms with Crippen molar-refractivity contribution in [3.05, 3.63) is 74.4 Å². The topological polar surface area (TPSA) is 68.1 Å². The third-order valence-corrected chi connectivity index (χ3v) is 4.14. The SMILES string of the molecule is CC(Nc1cc(Cl)nc2ccc(Cl)cc12)c1ccc([N+](=O)[O-])cc1. The molecule has 0 aliphatic rings. The van der Waals surface area contributed by atoms with Gasteiger partial charge in [0.1, 0.15) is 5.15 Å². The molecular formula is C17H13Cl2N3O2. The predicted octanol–water partition coefficient (Wildman–Crippen LogP) is 5.62. The van der Waals surface area contributed by atoms with Crippen LogP contribution in [-0.4, -0.2) is 9.91 Å². The summed E-state index contributed by atoms with van der Waals surface area (Å²) in [5.41, 5.74) is 2.53. The lowest BCUT2D eigenvalue weighted by Crippen LogP contribution is -2.07. The molecule has 5 nitrogen and oxygen atoms in total. The first-order valence-electron chi connectivity index (χ1n) is 7.21. The monoisotopic (exact) mass is 361 g/mol. The molecule has 1 aromatic heterocycles. The second-order valence-electron chi connectivity index (χ2n) is 5.37. The van der Waals surface area contributed by atoms with Gasteiger partial charge in [-0.05, 0) is 36.8 Å². The van der Waals surface area contributed by atoms with Crippen molar-refractivity contribution in [3.8, 4) is 0 Å². The van der Waals surface area contributed by atoms with Crippen LogP contribution in [0.3, 0.4) is 0 Å². The van der Waals surface area contributed by atoms with Crippen LogP contribution >= 0.6 is 23.2 Å².